The van der Waals surface area contributed by atoms with Crippen LogP contribution in [0.5, 0.6) is 0 Å². The van der Waals surface area contributed by atoms with Crippen LogP contribution in [0.1, 0.15) is 42.9 Å². The highest BCUT2D eigenvalue weighted by Gasteiger charge is 2.36. The molecule has 7 nitrogen and oxygen atoms in total. The molecule has 5 heterocycles. The molecule has 6 rings (SSSR count). The molecular weight excluding hydrogens is 412 g/mol. The van der Waals surface area contributed by atoms with Gasteiger partial charge in [0.15, 0.2) is 5.65 Å². The lowest BCUT2D eigenvalue weighted by molar-refractivity contribution is 0.182. The van der Waals surface area contributed by atoms with E-state index in [1.54, 1.807) is 11.6 Å². The Balaban J connectivity index is 1.43. The average Bonchev–Trinajstić information content (AvgIpc) is 3.44. The molecule has 2 fully saturated rings. The van der Waals surface area contributed by atoms with Gasteiger partial charge in [-0.3, -0.25) is 4.98 Å². The van der Waals surface area contributed by atoms with E-state index in [-0.39, 0.29) is 0 Å². The molecule has 1 aromatic carbocycles. The molecule has 33 heavy (non-hydrogen) atoms. The zero-order valence-corrected chi connectivity index (χ0v) is 18.7. The van der Waals surface area contributed by atoms with Crippen molar-refractivity contribution in [3.8, 4) is 22.4 Å². The summed E-state index contributed by atoms with van der Waals surface area (Å²) >= 11 is 0. The second-order valence-corrected chi connectivity index (χ2v) is 9.19. The van der Waals surface area contributed by atoms with Gasteiger partial charge in [-0.1, -0.05) is 36.4 Å². The number of hydrogen-bond donors (Lipinski definition) is 2. The lowest BCUT2D eigenvalue weighted by Crippen LogP contribution is -2.37. The largest absolute Gasteiger partial charge is 0.383 e. The van der Waals surface area contributed by atoms with Crippen LogP contribution in [0.15, 0.2) is 54.9 Å². The molecule has 2 saturated heterocycles. The molecule has 4 aromatic rings. The standard InChI is InChI=1S/C26H28N6O/c1-33-15-22-24(18-11-19-8-9-20(12-18)30-19)31-26-21(14-29-32(26)25(22)27)17-7-10-23(28-13-17)16-5-3-2-4-6-16/h2-7,10,13-14,18-20,30H,8-9,11-12,15,27H2,1H3/t18?,19-,20?/m1/s1. The Kier molecular flexibility index (Phi) is 5.08. The van der Waals surface area contributed by atoms with Gasteiger partial charge in [-0.25, -0.2) is 4.98 Å². The molecule has 168 valence electrons. The summed E-state index contributed by atoms with van der Waals surface area (Å²) in [4.78, 5) is 9.87. The lowest BCUT2D eigenvalue weighted by atomic mass is 9.87. The third-order valence-corrected chi connectivity index (χ3v) is 7.11. The van der Waals surface area contributed by atoms with Crippen molar-refractivity contribution in [3.05, 3.63) is 66.1 Å². The number of nitrogens with two attached hydrogens (primary N) is 1. The quantitative estimate of drug-likeness (QED) is 0.484. The van der Waals surface area contributed by atoms with Crippen molar-refractivity contribution in [3.63, 3.8) is 0 Å². The SMILES string of the molecule is COCc1c(C2CC3CC[C@H](C2)N3)nc2c(-c3ccc(-c4ccccc4)nc3)cnn2c1N. The van der Waals surface area contributed by atoms with Gasteiger partial charge < -0.3 is 15.8 Å². The molecule has 7 heteroatoms. The first kappa shape index (κ1) is 20.3. The van der Waals surface area contributed by atoms with E-state index in [1.807, 2.05) is 36.7 Å². The predicted octanol–water partition coefficient (Wildman–Crippen LogP) is 4.18. The fourth-order valence-electron chi connectivity index (χ4n) is 5.51. The number of anilines is 1. The molecule has 3 aromatic heterocycles. The van der Waals surface area contributed by atoms with Crippen LogP contribution >= 0.6 is 0 Å². The van der Waals surface area contributed by atoms with Crippen LogP contribution < -0.4 is 11.1 Å². The number of aromatic nitrogens is 4. The third kappa shape index (κ3) is 3.57. The molecule has 2 unspecified atom stereocenters. The maximum atomic E-state index is 6.64. The van der Waals surface area contributed by atoms with Crippen LogP contribution in [0, 0.1) is 0 Å². The number of pyridine rings is 1. The summed E-state index contributed by atoms with van der Waals surface area (Å²) in [5, 5.41) is 8.31. The van der Waals surface area contributed by atoms with Crippen molar-refractivity contribution in [2.24, 2.45) is 0 Å². The molecule has 2 bridgehead atoms. The van der Waals surface area contributed by atoms with Gasteiger partial charge in [0.05, 0.1) is 24.2 Å². The van der Waals surface area contributed by atoms with Crippen LogP contribution in [-0.2, 0) is 11.3 Å². The Hall–Kier alpha value is -3.29. The zero-order chi connectivity index (χ0) is 22.4. The predicted molar refractivity (Wildman–Crippen MR) is 129 cm³/mol. The van der Waals surface area contributed by atoms with Crippen LogP contribution in [0.3, 0.4) is 0 Å². The highest BCUT2D eigenvalue weighted by atomic mass is 16.5. The topological polar surface area (TPSA) is 90.4 Å². The molecule has 0 radical (unpaired) electrons. The Morgan fingerprint density at radius 1 is 1.03 bits per heavy atom. The highest BCUT2D eigenvalue weighted by Crippen LogP contribution is 2.40. The van der Waals surface area contributed by atoms with E-state index in [2.05, 4.69) is 28.6 Å². The molecular formula is C26H28N6O. The van der Waals surface area contributed by atoms with Crippen molar-refractivity contribution >= 4 is 11.5 Å². The maximum absolute atomic E-state index is 6.64. The van der Waals surface area contributed by atoms with Gasteiger partial charge in [0.2, 0.25) is 0 Å². The fourth-order valence-corrected chi connectivity index (χ4v) is 5.51. The number of piperidine rings is 1. The summed E-state index contributed by atoms with van der Waals surface area (Å²) in [5.74, 6) is 0.991. The number of rotatable bonds is 5. The Labute approximate surface area is 193 Å². The summed E-state index contributed by atoms with van der Waals surface area (Å²) in [6.45, 7) is 0.436. The molecule has 0 spiro atoms. The molecule has 0 aliphatic carbocycles. The number of hydrogen-bond acceptors (Lipinski definition) is 6. The van der Waals surface area contributed by atoms with Crippen molar-refractivity contribution in [1.82, 2.24) is 24.9 Å². The number of benzene rings is 1. The van der Waals surface area contributed by atoms with Crippen LogP contribution in [0.4, 0.5) is 5.82 Å². The Morgan fingerprint density at radius 2 is 1.82 bits per heavy atom. The second-order valence-electron chi connectivity index (χ2n) is 9.19. The summed E-state index contributed by atoms with van der Waals surface area (Å²) in [6, 6.07) is 15.5. The molecule has 3 atom stereocenters. The van der Waals surface area contributed by atoms with E-state index in [1.165, 1.54) is 12.8 Å². The third-order valence-electron chi connectivity index (χ3n) is 7.11. The number of methoxy groups -OCH3 is 1. The highest BCUT2D eigenvalue weighted by molar-refractivity contribution is 5.79. The van der Waals surface area contributed by atoms with Crippen LogP contribution in [-0.4, -0.2) is 38.8 Å². The fraction of sp³-hybridized carbons (Fsp3) is 0.346. The van der Waals surface area contributed by atoms with E-state index in [4.69, 9.17) is 20.4 Å². The average molecular weight is 441 g/mol. The minimum atomic E-state index is 0.377. The maximum Gasteiger partial charge on any atom is 0.165 e. The van der Waals surface area contributed by atoms with Crippen molar-refractivity contribution in [2.45, 2.75) is 50.3 Å². The van der Waals surface area contributed by atoms with Gasteiger partial charge >= 0.3 is 0 Å². The van der Waals surface area contributed by atoms with Gasteiger partial charge in [-0.05, 0) is 31.7 Å². The van der Waals surface area contributed by atoms with Crippen LogP contribution in [0.25, 0.3) is 28.0 Å². The van der Waals surface area contributed by atoms with E-state index in [0.29, 0.717) is 30.4 Å². The minimum Gasteiger partial charge on any atom is -0.383 e. The summed E-state index contributed by atoms with van der Waals surface area (Å²) < 4.78 is 7.26. The van der Waals surface area contributed by atoms with Gasteiger partial charge in [-0.2, -0.15) is 9.61 Å². The van der Waals surface area contributed by atoms with Crippen molar-refractivity contribution < 1.29 is 4.74 Å². The smallest absolute Gasteiger partial charge is 0.165 e. The second kappa shape index (κ2) is 8.24. The number of nitrogen functional groups attached to an aromatic ring is 1. The molecule has 0 saturated carbocycles. The summed E-state index contributed by atoms with van der Waals surface area (Å²) in [5.41, 5.74) is 13.4. The van der Waals surface area contributed by atoms with E-state index in [0.717, 1.165) is 52.1 Å². The summed E-state index contributed by atoms with van der Waals surface area (Å²) in [7, 11) is 1.70. The number of nitrogens with zero attached hydrogens (tertiary/aromatic N) is 4. The van der Waals surface area contributed by atoms with Gasteiger partial charge in [0, 0.05) is 53.6 Å². The molecule has 2 aliphatic heterocycles. The van der Waals surface area contributed by atoms with Gasteiger partial charge in [-0.15, -0.1) is 0 Å². The van der Waals surface area contributed by atoms with E-state index < -0.39 is 0 Å². The normalized spacial score (nSPS) is 22.2. The first-order valence-electron chi connectivity index (χ1n) is 11.6. The molecule has 0 amide bonds. The lowest BCUT2D eigenvalue weighted by Gasteiger charge is -2.30. The van der Waals surface area contributed by atoms with Gasteiger partial charge in [0.25, 0.3) is 0 Å². The van der Waals surface area contributed by atoms with Gasteiger partial charge in [0.1, 0.15) is 5.82 Å². The zero-order valence-electron chi connectivity index (χ0n) is 18.7. The summed E-state index contributed by atoms with van der Waals surface area (Å²) in [6.07, 6.45) is 8.40. The first-order valence-corrected chi connectivity index (χ1v) is 11.6. The number of fused-ring (bicyclic) bond motifs is 3. The Morgan fingerprint density at radius 3 is 2.52 bits per heavy atom. The number of nitrogens with one attached hydrogen (secondary N) is 1. The van der Waals surface area contributed by atoms with E-state index >= 15 is 0 Å². The van der Waals surface area contributed by atoms with Crippen LogP contribution in [0.2, 0.25) is 0 Å². The van der Waals surface area contributed by atoms with Crippen molar-refractivity contribution in [1.29, 1.82) is 0 Å². The Bertz CT molecular complexity index is 1270. The molecule has 3 N–H and O–H groups in total. The van der Waals surface area contributed by atoms with Crippen molar-refractivity contribution in [2.75, 3.05) is 12.8 Å². The van der Waals surface area contributed by atoms with E-state index in [9.17, 15) is 0 Å². The minimum absolute atomic E-state index is 0.377. The first-order chi connectivity index (χ1) is 16.2. The number of ether oxygens (including phenoxy) is 1. The monoisotopic (exact) mass is 440 g/mol. The molecule has 2 aliphatic rings.